The highest BCUT2D eigenvalue weighted by atomic mass is 16.5. The van der Waals surface area contributed by atoms with Crippen molar-refractivity contribution in [3.05, 3.63) is 108 Å². The molecule has 4 heteroatoms. The SMILES string of the molecule is CCOc1cc(C(c2ccc3ccccc3c2)N2CCCNCC2)ccc1OCc1ccccc1. The standard InChI is InChI=1S/C31H34N2O2/c1-2-34-30-22-28(15-16-29(30)35-23-24-9-4-3-5-10-24)31(33-19-8-17-32-18-20-33)27-14-13-25-11-6-7-12-26(25)21-27/h3-7,9-16,21-22,31-32H,2,8,17-20,23H2,1H3. The molecule has 35 heavy (non-hydrogen) atoms. The van der Waals surface area contributed by atoms with Gasteiger partial charge in [0, 0.05) is 19.6 Å². The Morgan fingerprint density at radius 3 is 2.37 bits per heavy atom. The fourth-order valence-electron chi connectivity index (χ4n) is 4.93. The van der Waals surface area contributed by atoms with Gasteiger partial charge in [-0.05, 0) is 65.6 Å². The Labute approximate surface area is 208 Å². The third-order valence-corrected chi connectivity index (χ3v) is 6.65. The van der Waals surface area contributed by atoms with E-state index in [0.29, 0.717) is 13.2 Å². The van der Waals surface area contributed by atoms with E-state index >= 15 is 0 Å². The first-order chi connectivity index (χ1) is 17.3. The molecule has 1 heterocycles. The van der Waals surface area contributed by atoms with Crippen molar-refractivity contribution in [2.24, 2.45) is 0 Å². The number of ether oxygens (including phenoxy) is 2. The number of nitrogens with one attached hydrogen (secondary N) is 1. The van der Waals surface area contributed by atoms with Crippen molar-refractivity contribution >= 4 is 10.8 Å². The van der Waals surface area contributed by atoms with Crippen molar-refractivity contribution in [2.45, 2.75) is 26.0 Å². The van der Waals surface area contributed by atoms with Crippen LogP contribution < -0.4 is 14.8 Å². The van der Waals surface area contributed by atoms with Crippen LogP contribution in [0.25, 0.3) is 10.8 Å². The van der Waals surface area contributed by atoms with Crippen LogP contribution in [0.15, 0.2) is 91.0 Å². The molecule has 0 spiro atoms. The Morgan fingerprint density at radius 2 is 1.51 bits per heavy atom. The summed E-state index contributed by atoms with van der Waals surface area (Å²) in [4.78, 5) is 2.60. The van der Waals surface area contributed by atoms with Crippen molar-refractivity contribution in [2.75, 3.05) is 32.8 Å². The van der Waals surface area contributed by atoms with E-state index in [1.54, 1.807) is 0 Å². The number of rotatable bonds is 8. The van der Waals surface area contributed by atoms with Crippen LogP contribution >= 0.6 is 0 Å². The van der Waals surface area contributed by atoms with Gasteiger partial charge in [-0.1, -0.05) is 72.8 Å². The van der Waals surface area contributed by atoms with Gasteiger partial charge < -0.3 is 14.8 Å². The second-order valence-electron chi connectivity index (χ2n) is 9.06. The van der Waals surface area contributed by atoms with E-state index in [9.17, 15) is 0 Å². The second kappa shape index (κ2) is 11.4. The summed E-state index contributed by atoms with van der Waals surface area (Å²) in [5.41, 5.74) is 3.69. The van der Waals surface area contributed by atoms with E-state index in [1.165, 1.54) is 21.9 Å². The normalized spacial score (nSPS) is 15.5. The van der Waals surface area contributed by atoms with Crippen LogP contribution in [-0.2, 0) is 6.61 Å². The van der Waals surface area contributed by atoms with Gasteiger partial charge in [0.25, 0.3) is 0 Å². The average Bonchev–Trinajstić information content (AvgIpc) is 3.19. The van der Waals surface area contributed by atoms with Crippen molar-refractivity contribution in [1.82, 2.24) is 10.2 Å². The van der Waals surface area contributed by atoms with Crippen LogP contribution in [0.4, 0.5) is 0 Å². The maximum Gasteiger partial charge on any atom is 0.161 e. The predicted molar refractivity (Wildman–Crippen MR) is 143 cm³/mol. The molecule has 4 aromatic carbocycles. The fourth-order valence-corrected chi connectivity index (χ4v) is 4.93. The number of hydrogen-bond donors (Lipinski definition) is 1. The summed E-state index contributed by atoms with van der Waals surface area (Å²) in [6.07, 6.45) is 1.14. The van der Waals surface area contributed by atoms with Crippen molar-refractivity contribution in [3.8, 4) is 11.5 Å². The highest BCUT2D eigenvalue weighted by Gasteiger charge is 2.25. The van der Waals surface area contributed by atoms with Gasteiger partial charge in [-0.25, -0.2) is 0 Å². The summed E-state index contributed by atoms with van der Waals surface area (Å²) < 4.78 is 12.3. The van der Waals surface area contributed by atoms with Gasteiger partial charge in [0.2, 0.25) is 0 Å². The lowest BCUT2D eigenvalue weighted by molar-refractivity contribution is 0.238. The van der Waals surface area contributed by atoms with Crippen molar-refractivity contribution in [1.29, 1.82) is 0 Å². The molecule has 5 rings (SSSR count). The smallest absolute Gasteiger partial charge is 0.161 e. The summed E-state index contributed by atoms with van der Waals surface area (Å²) in [6.45, 7) is 7.27. The number of benzene rings is 4. The molecule has 1 N–H and O–H groups in total. The molecule has 180 valence electrons. The largest absolute Gasteiger partial charge is 0.490 e. The highest BCUT2D eigenvalue weighted by molar-refractivity contribution is 5.83. The minimum atomic E-state index is 0.155. The van der Waals surface area contributed by atoms with E-state index in [2.05, 4.69) is 83.0 Å². The maximum absolute atomic E-state index is 6.19. The number of hydrogen-bond acceptors (Lipinski definition) is 4. The van der Waals surface area contributed by atoms with Gasteiger partial charge in [0.1, 0.15) is 6.61 Å². The average molecular weight is 467 g/mol. The van der Waals surface area contributed by atoms with E-state index < -0.39 is 0 Å². The van der Waals surface area contributed by atoms with Crippen LogP contribution in [0.5, 0.6) is 11.5 Å². The predicted octanol–water partition coefficient (Wildman–Crippen LogP) is 6.20. The molecule has 0 amide bonds. The van der Waals surface area contributed by atoms with Gasteiger partial charge in [-0.15, -0.1) is 0 Å². The van der Waals surface area contributed by atoms with Crippen molar-refractivity contribution in [3.63, 3.8) is 0 Å². The first-order valence-corrected chi connectivity index (χ1v) is 12.7. The fraction of sp³-hybridized carbons (Fsp3) is 0.290. The van der Waals surface area contributed by atoms with Gasteiger partial charge >= 0.3 is 0 Å². The van der Waals surface area contributed by atoms with Gasteiger partial charge in [-0.2, -0.15) is 0 Å². The Hall–Kier alpha value is -3.34. The lowest BCUT2D eigenvalue weighted by atomic mass is 9.94. The molecule has 0 aromatic heterocycles. The van der Waals surface area contributed by atoms with E-state index in [0.717, 1.165) is 49.7 Å². The molecular formula is C31H34N2O2. The summed E-state index contributed by atoms with van der Waals surface area (Å²) in [5, 5.41) is 6.10. The first-order valence-electron chi connectivity index (χ1n) is 12.7. The molecule has 0 radical (unpaired) electrons. The monoisotopic (exact) mass is 466 g/mol. The summed E-state index contributed by atoms with van der Waals surface area (Å²) in [6, 6.07) is 32.3. The topological polar surface area (TPSA) is 33.7 Å². The molecule has 0 saturated carbocycles. The van der Waals surface area contributed by atoms with E-state index in [-0.39, 0.29) is 6.04 Å². The molecule has 1 fully saturated rings. The molecule has 1 aliphatic rings. The Balaban J connectivity index is 1.50. The molecule has 0 aliphatic carbocycles. The zero-order valence-electron chi connectivity index (χ0n) is 20.5. The Kier molecular flexibility index (Phi) is 7.62. The quantitative estimate of drug-likeness (QED) is 0.335. The van der Waals surface area contributed by atoms with Gasteiger partial charge in [0.05, 0.1) is 12.6 Å². The second-order valence-corrected chi connectivity index (χ2v) is 9.06. The van der Waals surface area contributed by atoms with E-state index in [4.69, 9.17) is 9.47 Å². The molecule has 4 aromatic rings. The van der Waals surface area contributed by atoms with Crippen LogP contribution in [0.1, 0.15) is 36.1 Å². The summed E-state index contributed by atoms with van der Waals surface area (Å²) >= 11 is 0. The van der Waals surface area contributed by atoms with Crippen LogP contribution in [0.3, 0.4) is 0 Å². The zero-order valence-corrected chi connectivity index (χ0v) is 20.5. The minimum Gasteiger partial charge on any atom is -0.490 e. The van der Waals surface area contributed by atoms with E-state index in [1.807, 2.05) is 25.1 Å². The van der Waals surface area contributed by atoms with Crippen molar-refractivity contribution < 1.29 is 9.47 Å². The maximum atomic E-state index is 6.19. The Morgan fingerprint density at radius 1 is 0.743 bits per heavy atom. The molecular weight excluding hydrogens is 432 g/mol. The van der Waals surface area contributed by atoms with Crippen LogP contribution in [0.2, 0.25) is 0 Å². The molecule has 1 atom stereocenters. The number of fused-ring (bicyclic) bond motifs is 1. The third kappa shape index (κ3) is 5.67. The highest BCUT2D eigenvalue weighted by Crippen LogP contribution is 2.37. The molecule has 1 unspecified atom stereocenters. The third-order valence-electron chi connectivity index (χ3n) is 6.65. The van der Waals surface area contributed by atoms with Gasteiger partial charge in [0.15, 0.2) is 11.5 Å². The first kappa shape index (κ1) is 23.4. The summed E-state index contributed by atoms with van der Waals surface area (Å²) in [5.74, 6) is 1.59. The number of nitrogens with zero attached hydrogens (tertiary/aromatic N) is 1. The van der Waals surface area contributed by atoms with Crippen LogP contribution in [-0.4, -0.2) is 37.7 Å². The Bertz CT molecular complexity index is 1230. The minimum absolute atomic E-state index is 0.155. The molecule has 4 nitrogen and oxygen atoms in total. The lowest BCUT2D eigenvalue weighted by Gasteiger charge is -2.32. The lowest BCUT2D eigenvalue weighted by Crippen LogP contribution is -2.33. The molecule has 1 saturated heterocycles. The molecule has 1 aliphatic heterocycles. The van der Waals surface area contributed by atoms with Gasteiger partial charge in [-0.3, -0.25) is 4.90 Å². The zero-order chi connectivity index (χ0) is 23.9. The van der Waals surface area contributed by atoms with Crippen LogP contribution in [0, 0.1) is 0 Å². The molecule has 0 bridgehead atoms. The summed E-state index contributed by atoms with van der Waals surface area (Å²) in [7, 11) is 0.